The summed E-state index contributed by atoms with van der Waals surface area (Å²) in [6.45, 7) is 3.37. The molecule has 0 radical (unpaired) electrons. The maximum atomic E-state index is 12.5. The van der Waals surface area contributed by atoms with E-state index in [1.807, 2.05) is 0 Å². The van der Waals surface area contributed by atoms with E-state index in [0.29, 0.717) is 21.8 Å². The molecule has 2 aromatic heterocycles. The van der Waals surface area contributed by atoms with Crippen LogP contribution in [-0.4, -0.2) is 15.8 Å². The molecule has 0 bridgehead atoms. The number of nitriles is 1. The zero-order valence-electron chi connectivity index (χ0n) is 11.6. The van der Waals surface area contributed by atoms with Crippen molar-refractivity contribution < 1.29 is 18.0 Å². The van der Waals surface area contributed by atoms with Gasteiger partial charge in [0.2, 0.25) is 0 Å². The SMILES string of the molecule is Cc1nc(C)c(C(=O)[C@@H](C#N)c2ccc(C(F)(F)F)cn2)s1. The number of halogens is 3. The lowest BCUT2D eigenvalue weighted by Gasteiger charge is -2.09. The molecule has 2 aromatic rings. The highest BCUT2D eigenvalue weighted by molar-refractivity contribution is 7.13. The third kappa shape index (κ3) is 3.14. The van der Waals surface area contributed by atoms with Gasteiger partial charge in [-0.05, 0) is 26.0 Å². The first-order chi connectivity index (χ1) is 10.2. The number of aryl methyl sites for hydroxylation is 2. The van der Waals surface area contributed by atoms with E-state index in [1.54, 1.807) is 19.9 Å². The van der Waals surface area contributed by atoms with Crippen molar-refractivity contribution in [2.75, 3.05) is 0 Å². The average molecular weight is 325 g/mol. The molecule has 2 rings (SSSR count). The third-order valence-corrected chi connectivity index (χ3v) is 4.02. The lowest BCUT2D eigenvalue weighted by molar-refractivity contribution is -0.137. The van der Waals surface area contributed by atoms with Gasteiger partial charge in [0.15, 0.2) is 11.7 Å². The molecule has 4 nitrogen and oxygen atoms in total. The lowest BCUT2D eigenvalue weighted by Crippen LogP contribution is -2.14. The van der Waals surface area contributed by atoms with Gasteiger partial charge < -0.3 is 0 Å². The van der Waals surface area contributed by atoms with Crippen LogP contribution in [0.15, 0.2) is 18.3 Å². The van der Waals surface area contributed by atoms with Crippen LogP contribution in [0.25, 0.3) is 0 Å². The summed E-state index contributed by atoms with van der Waals surface area (Å²) in [4.78, 5) is 20.4. The largest absolute Gasteiger partial charge is 0.417 e. The van der Waals surface area contributed by atoms with Crippen LogP contribution < -0.4 is 0 Å². The highest BCUT2D eigenvalue weighted by atomic mass is 32.1. The smallest absolute Gasteiger partial charge is 0.291 e. The number of thiazole rings is 1. The van der Waals surface area contributed by atoms with Crippen molar-refractivity contribution >= 4 is 17.1 Å². The van der Waals surface area contributed by atoms with Gasteiger partial charge in [-0.2, -0.15) is 18.4 Å². The standard InChI is InChI=1S/C14H10F3N3OS/c1-7-13(22-8(2)20-7)12(21)10(5-18)11-4-3-9(6-19-11)14(15,16)17/h3-4,6,10H,1-2H3/t10-/m0/s1. The number of hydrogen-bond acceptors (Lipinski definition) is 5. The number of pyridine rings is 1. The molecule has 0 saturated carbocycles. The number of carbonyl (C=O) groups is 1. The number of nitrogens with zero attached hydrogens (tertiary/aromatic N) is 3. The molecule has 0 aliphatic rings. The van der Waals surface area contributed by atoms with Crippen molar-refractivity contribution in [3.63, 3.8) is 0 Å². The van der Waals surface area contributed by atoms with E-state index >= 15 is 0 Å². The van der Waals surface area contributed by atoms with E-state index in [4.69, 9.17) is 0 Å². The van der Waals surface area contributed by atoms with Gasteiger partial charge in [0.05, 0.1) is 32.9 Å². The van der Waals surface area contributed by atoms with Gasteiger partial charge in [-0.15, -0.1) is 11.3 Å². The van der Waals surface area contributed by atoms with Gasteiger partial charge in [-0.1, -0.05) is 0 Å². The van der Waals surface area contributed by atoms with Crippen LogP contribution in [-0.2, 0) is 6.18 Å². The van der Waals surface area contributed by atoms with E-state index in [2.05, 4.69) is 9.97 Å². The summed E-state index contributed by atoms with van der Waals surface area (Å²) in [5, 5.41) is 9.87. The second-order valence-electron chi connectivity index (χ2n) is 4.54. The van der Waals surface area contributed by atoms with Gasteiger partial charge in [0, 0.05) is 6.20 Å². The Hall–Kier alpha value is -2.27. The molecule has 2 heterocycles. The Bertz CT molecular complexity index is 744. The summed E-state index contributed by atoms with van der Waals surface area (Å²) in [5.74, 6) is -1.75. The molecule has 0 amide bonds. The van der Waals surface area contributed by atoms with Crippen LogP contribution in [0.1, 0.15) is 37.5 Å². The molecule has 0 saturated heterocycles. The molecule has 0 spiro atoms. The monoisotopic (exact) mass is 325 g/mol. The van der Waals surface area contributed by atoms with Crippen LogP contribution in [0.4, 0.5) is 13.2 Å². The van der Waals surface area contributed by atoms with Crippen molar-refractivity contribution in [2.24, 2.45) is 0 Å². The fraction of sp³-hybridized carbons (Fsp3) is 0.286. The third-order valence-electron chi connectivity index (χ3n) is 2.93. The molecule has 0 fully saturated rings. The number of ketones is 1. The molecular formula is C14H10F3N3OS. The summed E-state index contributed by atoms with van der Waals surface area (Å²) in [5.41, 5.74) is -0.434. The molecule has 114 valence electrons. The minimum absolute atomic E-state index is 0.00838. The molecule has 0 N–H and O–H groups in total. The molecule has 0 aliphatic carbocycles. The molecule has 22 heavy (non-hydrogen) atoms. The number of carbonyl (C=O) groups excluding carboxylic acids is 1. The zero-order valence-corrected chi connectivity index (χ0v) is 12.4. The fourth-order valence-electron chi connectivity index (χ4n) is 1.89. The van der Waals surface area contributed by atoms with Crippen LogP contribution in [0.5, 0.6) is 0 Å². The summed E-state index contributed by atoms with van der Waals surface area (Å²) in [6, 6.07) is 3.66. The van der Waals surface area contributed by atoms with Crippen molar-refractivity contribution in [2.45, 2.75) is 25.9 Å². The highest BCUT2D eigenvalue weighted by Gasteiger charge is 2.32. The Kier molecular flexibility index (Phi) is 4.28. The van der Waals surface area contributed by atoms with Crippen molar-refractivity contribution in [3.05, 3.63) is 45.2 Å². The predicted molar refractivity (Wildman–Crippen MR) is 73.5 cm³/mol. The topological polar surface area (TPSA) is 66.6 Å². The number of aromatic nitrogens is 2. The van der Waals surface area contributed by atoms with Crippen LogP contribution >= 0.6 is 11.3 Å². The summed E-state index contributed by atoms with van der Waals surface area (Å²) in [6.07, 6.45) is -3.89. The normalized spacial score (nSPS) is 12.7. The van der Waals surface area contributed by atoms with Gasteiger partial charge in [-0.3, -0.25) is 9.78 Å². The predicted octanol–water partition coefficient (Wildman–Crippen LogP) is 3.66. The summed E-state index contributed by atoms with van der Waals surface area (Å²) >= 11 is 1.15. The molecular weight excluding hydrogens is 315 g/mol. The first-order valence-electron chi connectivity index (χ1n) is 6.15. The second-order valence-corrected chi connectivity index (χ2v) is 5.75. The fourth-order valence-corrected chi connectivity index (χ4v) is 2.78. The van der Waals surface area contributed by atoms with Crippen molar-refractivity contribution in [3.8, 4) is 6.07 Å². The first-order valence-corrected chi connectivity index (χ1v) is 6.96. The summed E-state index contributed by atoms with van der Waals surface area (Å²) in [7, 11) is 0. The minimum Gasteiger partial charge on any atom is -0.291 e. The number of hydrogen-bond donors (Lipinski definition) is 0. The average Bonchev–Trinajstić information content (AvgIpc) is 2.78. The van der Waals surface area contributed by atoms with Gasteiger partial charge in [-0.25, -0.2) is 4.98 Å². The number of rotatable bonds is 3. The number of alkyl halides is 3. The van der Waals surface area contributed by atoms with Crippen LogP contribution in [0.2, 0.25) is 0 Å². The first kappa shape index (κ1) is 16.1. The Morgan fingerprint density at radius 3 is 2.45 bits per heavy atom. The molecule has 0 aliphatic heterocycles. The summed E-state index contributed by atoms with van der Waals surface area (Å²) < 4.78 is 37.5. The lowest BCUT2D eigenvalue weighted by atomic mass is 9.99. The molecule has 0 unspecified atom stereocenters. The van der Waals surface area contributed by atoms with Gasteiger partial charge in [0.1, 0.15) is 0 Å². The van der Waals surface area contributed by atoms with Crippen molar-refractivity contribution in [1.82, 2.24) is 9.97 Å². The Morgan fingerprint density at radius 1 is 1.36 bits per heavy atom. The van der Waals surface area contributed by atoms with Crippen LogP contribution in [0, 0.1) is 25.2 Å². The Labute approximate surface area is 128 Å². The molecule has 1 atom stereocenters. The molecule has 8 heteroatoms. The molecule has 0 aromatic carbocycles. The minimum atomic E-state index is -4.51. The number of Topliss-reactive ketones (excluding diaryl/α,β-unsaturated/α-hetero) is 1. The van der Waals surface area contributed by atoms with Gasteiger partial charge >= 0.3 is 6.18 Å². The van der Waals surface area contributed by atoms with Crippen molar-refractivity contribution in [1.29, 1.82) is 5.26 Å². The van der Waals surface area contributed by atoms with E-state index < -0.39 is 23.4 Å². The van der Waals surface area contributed by atoms with Crippen LogP contribution in [0.3, 0.4) is 0 Å². The maximum Gasteiger partial charge on any atom is 0.417 e. The second kappa shape index (κ2) is 5.85. The quantitative estimate of drug-likeness (QED) is 0.808. The Balaban J connectivity index is 2.35. The highest BCUT2D eigenvalue weighted by Crippen LogP contribution is 2.30. The van der Waals surface area contributed by atoms with Gasteiger partial charge in [0.25, 0.3) is 0 Å². The van der Waals surface area contributed by atoms with E-state index in [1.165, 1.54) is 0 Å². The maximum absolute atomic E-state index is 12.5. The van der Waals surface area contributed by atoms with E-state index in [0.717, 1.165) is 23.5 Å². The Morgan fingerprint density at radius 2 is 2.05 bits per heavy atom. The zero-order chi connectivity index (χ0) is 16.5. The van der Waals surface area contributed by atoms with E-state index in [-0.39, 0.29) is 5.69 Å². The van der Waals surface area contributed by atoms with E-state index in [9.17, 15) is 23.2 Å².